The van der Waals surface area contributed by atoms with Crippen LogP contribution in [0.3, 0.4) is 0 Å². The molecule has 23 heavy (non-hydrogen) atoms. The molecule has 2 N–H and O–H groups in total. The van der Waals surface area contributed by atoms with Gasteiger partial charge in [0, 0.05) is 19.3 Å². The molecule has 0 aliphatic heterocycles. The molecule has 0 fully saturated rings. The van der Waals surface area contributed by atoms with Crippen molar-refractivity contribution in [1.82, 2.24) is 4.90 Å². The van der Waals surface area contributed by atoms with Gasteiger partial charge in [-0.15, -0.1) is 0 Å². The van der Waals surface area contributed by atoms with Crippen molar-refractivity contribution >= 4 is 17.5 Å². The van der Waals surface area contributed by atoms with Gasteiger partial charge in [0.25, 0.3) is 0 Å². The third-order valence-electron chi connectivity index (χ3n) is 3.08. The number of amides is 2. The fourth-order valence-corrected chi connectivity index (χ4v) is 1.84. The maximum Gasteiger partial charge on any atom is 0.393 e. The normalized spacial score (nSPS) is 12.6. The van der Waals surface area contributed by atoms with Crippen LogP contribution in [0.5, 0.6) is 0 Å². The van der Waals surface area contributed by atoms with Crippen LogP contribution < -0.4 is 5.32 Å². The van der Waals surface area contributed by atoms with Crippen molar-refractivity contribution < 1.29 is 27.9 Å². The quantitative estimate of drug-likeness (QED) is 0.810. The topological polar surface area (TPSA) is 69.6 Å². The molecule has 1 unspecified atom stereocenters. The van der Waals surface area contributed by atoms with Crippen LogP contribution in [0.1, 0.15) is 18.9 Å². The number of anilines is 1. The minimum atomic E-state index is -4.42. The number of nitrogens with zero attached hydrogens (tertiary/aromatic N) is 1. The second kappa shape index (κ2) is 7.96. The summed E-state index contributed by atoms with van der Waals surface area (Å²) in [6, 6.07) is 5.44. The lowest BCUT2D eigenvalue weighted by atomic mass is 10.1. The number of hydrogen-bond acceptors (Lipinski definition) is 3. The maximum absolute atomic E-state index is 12.5. The van der Waals surface area contributed by atoms with Gasteiger partial charge in [-0.1, -0.05) is 18.2 Å². The number of halogens is 3. The van der Waals surface area contributed by atoms with E-state index < -0.39 is 30.5 Å². The van der Waals surface area contributed by atoms with Gasteiger partial charge in [0.1, 0.15) is 0 Å². The van der Waals surface area contributed by atoms with Crippen LogP contribution in [0.2, 0.25) is 0 Å². The summed E-state index contributed by atoms with van der Waals surface area (Å²) < 4.78 is 37.5. The van der Waals surface area contributed by atoms with E-state index in [2.05, 4.69) is 5.32 Å². The summed E-state index contributed by atoms with van der Waals surface area (Å²) in [7, 11) is 1.38. The summed E-state index contributed by atoms with van der Waals surface area (Å²) in [5.41, 5.74) is -0.167. The number of carbonyl (C=O) groups is 2. The first-order valence-electron chi connectivity index (χ1n) is 6.99. The van der Waals surface area contributed by atoms with Gasteiger partial charge in [-0.05, 0) is 25.0 Å². The van der Waals surface area contributed by atoms with Crippen LogP contribution in [-0.2, 0) is 16.0 Å². The molecule has 128 valence electrons. The van der Waals surface area contributed by atoms with Gasteiger partial charge in [0.15, 0.2) is 0 Å². The van der Waals surface area contributed by atoms with Crippen LogP contribution >= 0.6 is 0 Å². The summed E-state index contributed by atoms with van der Waals surface area (Å²) in [6.45, 7) is 1.71. The van der Waals surface area contributed by atoms with E-state index in [1.807, 2.05) is 0 Å². The highest BCUT2D eigenvalue weighted by Gasteiger charge is 2.29. The molecule has 0 aliphatic carbocycles. The van der Waals surface area contributed by atoms with Crippen molar-refractivity contribution in [1.29, 1.82) is 0 Å². The van der Waals surface area contributed by atoms with E-state index in [4.69, 9.17) is 5.11 Å². The van der Waals surface area contributed by atoms with Crippen LogP contribution in [0, 0.1) is 0 Å². The number of nitrogens with one attached hydrogen (secondary N) is 1. The monoisotopic (exact) mass is 332 g/mol. The Morgan fingerprint density at radius 1 is 1.30 bits per heavy atom. The smallest absolute Gasteiger partial charge is 0.393 e. The second-order valence-electron chi connectivity index (χ2n) is 5.27. The number of carbonyl (C=O) groups excluding carboxylic acids is 2. The molecule has 5 nitrogen and oxygen atoms in total. The van der Waals surface area contributed by atoms with Gasteiger partial charge < -0.3 is 15.3 Å². The number of aliphatic hydroxyl groups excluding tert-OH is 1. The number of aliphatic hydroxyl groups is 1. The van der Waals surface area contributed by atoms with Crippen molar-refractivity contribution in [2.24, 2.45) is 0 Å². The zero-order valence-electron chi connectivity index (χ0n) is 12.9. The number of hydrogen-bond donors (Lipinski definition) is 2. The van der Waals surface area contributed by atoms with Crippen LogP contribution in [0.15, 0.2) is 24.3 Å². The van der Waals surface area contributed by atoms with E-state index >= 15 is 0 Å². The van der Waals surface area contributed by atoms with E-state index in [0.717, 1.165) is 4.90 Å². The van der Waals surface area contributed by atoms with Gasteiger partial charge in [0.05, 0.1) is 12.5 Å². The van der Waals surface area contributed by atoms with E-state index in [0.29, 0.717) is 6.42 Å². The molecule has 1 atom stereocenters. The molecule has 1 rings (SSSR count). The Bertz CT molecular complexity index is 559. The fourth-order valence-electron chi connectivity index (χ4n) is 1.84. The van der Waals surface area contributed by atoms with Crippen molar-refractivity contribution in [2.75, 3.05) is 18.9 Å². The van der Waals surface area contributed by atoms with Crippen molar-refractivity contribution in [3.63, 3.8) is 0 Å². The Kier molecular flexibility index (Phi) is 6.56. The molecular formula is C15H19F3N2O3. The van der Waals surface area contributed by atoms with E-state index in [1.54, 1.807) is 6.92 Å². The molecule has 0 saturated carbocycles. The molecule has 0 aliphatic rings. The van der Waals surface area contributed by atoms with E-state index in [-0.39, 0.29) is 17.8 Å². The standard InChI is InChI=1S/C15H19F3N2O3/c1-10(21)7-8-20(2)14(23)13(22)19-12-6-4-3-5-11(12)9-15(16,17)18/h3-6,10,21H,7-9H2,1-2H3,(H,19,22). The molecule has 2 amide bonds. The summed E-state index contributed by atoms with van der Waals surface area (Å²) >= 11 is 0. The average Bonchev–Trinajstić information content (AvgIpc) is 2.44. The Balaban J connectivity index is 2.75. The lowest BCUT2D eigenvalue weighted by molar-refractivity contribution is -0.142. The molecule has 0 saturated heterocycles. The molecule has 1 aromatic carbocycles. The Labute approximate surface area is 132 Å². The SMILES string of the molecule is CC(O)CCN(C)C(=O)C(=O)Nc1ccccc1CC(F)(F)F. The lowest BCUT2D eigenvalue weighted by Crippen LogP contribution is -2.38. The van der Waals surface area contributed by atoms with E-state index in [9.17, 15) is 22.8 Å². The minimum Gasteiger partial charge on any atom is -0.393 e. The molecule has 0 spiro atoms. The van der Waals surface area contributed by atoms with Gasteiger partial charge in [-0.3, -0.25) is 9.59 Å². The first kappa shape index (κ1) is 19.0. The molecule has 1 aromatic rings. The average molecular weight is 332 g/mol. The van der Waals surface area contributed by atoms with Gasteiger partial charge in [0.2, 0.25) is 0 Å². The van der Waals surface area contributed by atoms with Crippen molar-refractivity contribution in [3.05, 3.63) is 29.8 Å². The zero-order valence-corrected chi connectivity index (χ0v) is 12.9. The lowest BCUT2D eigenvalue weighted by Gasteiger charge is -2.18. The third-order valence-corrected chi connectivity index (χ3v) is 3.08. The Hall–Kier alpha value is -2.09. The predicted molar refractivity (Wildman–Crippen MR) is 78.8 cm³/mol. The number of alkyl halides is 3. The summed E-state index contributed by atoms with van der Waals surface area (Å²) in [5.74, 6) is -1.90. The highest BCUT2D eigenvalue weighted by Crippen LogP contribution is 2.26. The Morgan fingerprint density at radius 2 is 1.91 bits per heavy atom. The molecule has 0 radical (unpaired) electrons. The largest absolute Gasteiger partial charge is 0.393 e. The predicted octanol–water partition coefficient (Wildman–Crippen LogP) is 1.96. The van der Waals surface area contributed by atoms with E-state index in [1.165, 1.54) is 31.3 Å². The van der Waals surface area contributed by atoms with Gasteiger partial charge >= 0.3 is 18.0 Å². The zero-order chi connectivity index (χ0) is 17.6. The van der Waals surface area contributed by atoms with Crippen LogP contribution in [0.25, 0.3) is 0 Å². The molecule has 0 heterocycles. The number of para-hydroxylation sites is 1. The second-order valence-corrected chi connectivity index (χ2v) is 5.27. The summed E-state index contributed by atoms with van der Waals surface area (Å²) in [5, 5.41) is 11.4. The number of benzene rings is 1. The minimum absolute atomic E-state index is 0.0490. The Morgan fingerprint density at radius 3 is 2.48 bits per heavy atom. The molecule has 0 bridgehead atoms. The van der Waals surface area contributed by atoms with Crippen molar-refractivity contribution in [3.8, 4) is 0 Å². The van der Waals surface area contributed by atoms with Crippen LogP contribution in [0.4, 0.5) is 18.9 Å². The fraction of sp³-hybridized carbons (Fsp3) is 0.467. The molecule has 0 aromatic heterocycles. The maximum atomic E-state index is 12.5. The third kappa shape index (κ3) is 6.68. The molecule has 8 heteroatoms. The first-order chi connectivity index (χ1) is 10.6. The van der Waals surface area contributed by atoms with Crippen molar-refractivity contribution in [2.45, 2.75) is 32.0 Å². The van der Waals surface area contributed by atoms with Gasteiger partial charge in [-0.2, -0.15) is 13.2 Å². The highest BCUT2D eigenvalue weighted by molar-refractivity contribution is 6.39. The first-order valence-corrected chi connectivity index (χ1v) is 6.99. The summed E-state index contributed by atoms with van der Waals surface area (Å²) in [6.07, 6.45) is -5.95. The number of rotatable bonds is 5. The molecular weight excluding hydrogens is 313 g/mol. The van der Waals surface area contributed by atoms with Crippen LogP contribution in [-0.4, -0.2) is 47.7 Å². The van der Waals surface area contributed by atoms with Gasteiger partial charge in [-0.25, -0.2) is 0 Å². The number of likely N-dealkylation sites (N-methyl/N-ethyl adjacent to an activating group) is 1. The summed E-state index contributed by atoms with van der Waals surface area (Å²) in [4.78, 5) is 24.8. The highest BCUT2D eigenvalue weighted by atomic mass is 19.4.